The SMILES string of the molecule is COc1ccc(-c2nnc(NS(=O)(=O)c3ccc(OC)c(C(=O)N4CCCCC4)c3)s2)cc1. The molecule has 33 heavy (non-hydrogen) atoms. The zero-order valence-electron chi connectivity index (χ0n) is 18.3. The number of piperidine rings is 1. The zero-order chi connectivity index (χ0) is 23.4. The van der Waals surface area contributed by atoms with Crippen LogP contribution in [-0.2, 0) is 10.0 Å². The first-order valence-corrected chi connectivity index (χ1v) is 12.7. The normalized spacial score (nSPS) is 14.1. The van der Waals surface area contributed by atoms with Crippen molar-refractivity contribution in [2.45, 2.75) is 24.2 Å². The van der Waals surface area contributed by atoms with E-state index in [1.807, 2.05) is 12.1 Å². The van der Waals surface area contributed by atoms with Gasteiger partial charge in [-0.05, 0) is 61.7 Å². The second-order valence-corrected chi connectivity index (χ2v) is 10.1. The summed E-state index contributed by atoms with van der Waals surface area (Å²) < 4.78 is 39.0. The molecule has 0 atom stereocenters. The lowest BCUT2D eigenvalue weighted by molar-refractivity contribution is 0.0720. The number of nitrogens with zero attached hydrogens (tertiary/aromatic N) is 3. The summed E-state index contributed by atoms with van der Waals surface area (Å²) in [6, 6.07) is 11.5. The molecule has 9 nitrogen and oxygen atoms in total. The highest BCUT2D eigenvalue weighted by Crippen LogP contribution is 2.30. The van der Waals surface area contributed by atoms with Crippen LogP contribution >= 0.6 is 11.3 Å². The minimum atomic E-state index is -3.99. The van der Waals surface area contributed by atoms with Gasteiger partial charge in [0.1, 0.15) is 16.5 Å². The van der Waals surface area contributed by atoms with Gasteiger partial charge in [0.15, 0.2) is 0 Å². The predicted molar refractivity (Wildman–Crippen MR) is 125 cm³/mol. The van der Waals surface area contributed by atoms with Gasteiger partial charge in [0.2, 0.25) is 5.13 Å². The Balaban J connectivity index is 1.57. The van der Waals surface area contributed by atoms with Gasteiger partial charge in [-0.2, -0.15) is 0 Å². The van der Waals surface area contributed by atoms with E-state index in [1.54, 1.807) is 24.1 Å². The molecular weight excluding hydrogens is 464 g/mol. The Morgan fingerprint density at radius 3 is 2.39 bits per heavy atom. The highest BCUT2D eigenvalue weighted by molar-refractivity contribution is 7.93. The molecule has 0 aliphatic carbocycles. The third-order valence-corrected chi connectivity index (χ3v) is 7.69. The number of carbonyl (C=O) groups is 1. The van der Waals surface area contributed by atoms with Gasteiger partial charge in [0.25, 0.3) is 15.9 Å². The number of carbonyl (C=O) groups excluding carboxylic acids is 1. The fourth-order valence-corrected chi connectivity index (χ4v) is 5.58. The standard InChI is InChI=1S/C22H24N4O5S2/c1-30-16-8-6-15(7-9-16)20-23-24-22(32-20)25-33(28,29)17-10-11-19(31-2)18(14-17)21(27)26-12-4-3-5-13-26/h6-11,14H,3-5,12-13H2,1-2H3,(H,24,25). The monoisotopic (exact) mass is 488 g/mol. The first-order chi connectivity index (χ1) is 15.9. The Labute approximate surface area is 196 Å². The molecule has 1 amide bonds. The van der Waals surface area contributed by atoms with Crippen molar-refractivity contribution < 1.29 is 22.7 Å². The highest BCUT2D eigenvalue weighted by Gasteiger charge is 2.25. The maximum atomic E-state index is 13.0. The predicted octanol–water partition coefficient (Wildman–Crippen LogP) is 3.65. The van der Waals surface area contributed by atoms with Crippen molar-refractivity contribution in [2.24, 2.45) is 0 Å². The summed E-state index contributed by atoms with van der Waals surface area (Å²) in [4.78, 5) is 14.7. The topological polar surface area (TPSA) is 111 Å². The fraction of sp³-hybridized carbons (Fsp3) is 0.318. The van der Waals surface area contributed by atoms with Crippen molar-refractivity contribution in [2.75, 3.05) is 32.0 Å². The number of sulfonamides is 1. The molecule has 3 aromatic rings. The summed E-state index contributed by atoms with van der Waals surface area (Å²) in [5, 5.41) is 8.72. The van der Waals surface area contributed by atoms with Gasteiger partial charge in [-0.25, -0.2) is 8.42 Å². The second-order valence-electron chi connectivity index (χ2n) is 7.46. The number of ether oxygens (including phenoxy) is 2. The van der Waals surface area contributed by atoms with Crippen LogP contribution in [-0.4, -0.2) is 56.7 Å². The van der Waals surface area contributed by atoms with Crippen LogP contribution in [0, 0.1) is 0 Å². The maximum absolute atomic E-state index is 13.0. The van der Waals surface area contributed by atoms with Crippen LogP contribution < -0.4 is 14.2 Å². The van der Waals surface area contributed by atoms with E-state index < -0.39 is 10.0 Å². The lowest BCUT2D eigenvalue weighted by Gasteiger charge is -2.27. The molecule has 4 rings (SSSR count). The third kappa shape index (κ3) is 5.09. The number of hydrogen-bond donors (Lipinski definition) is 1. The average Bonchev–Trinajstić information content (AvgIpc) is 3.31. The van der Waals surface area contributed by atoms with Crippen LogP contribution in [0.25, 0.3) is 10.6 Å². The Morgan fingerprint density at radius 2 is 1.73 bits per heavy atom. The van der Waals surface area contributed by atoms with Crippen LogP contribution in [0.3, 0.4) is 0 Å². The van der Waals surface area contributed by atoms with Gasteiger partial charge in [0.05, 0.1) is 24.7 Å². The minimum Gasteiger partial charge on any atom is -0.497 e. The van der Waals surface area contributed by atoms with Crippen molar-refractivity contribution in [1.82, 2.24) is 15.1 Å². The summed E-state index contributed by atoms with van der Waals surface area (Å²) in [5.41, 5.74) is 1.01. The molecule has 0 spiro atoms. The van der Waals surface area contributed by atoms with Gasteiger partial charge in [-0.15, -0.1) is 10.2 Å². The summed E-state index contributed by atoms with van der Waals surface area (Å²) >= 11 is 1.11. The number of anilines is 1. The molecule has 0 unspecified atom stereocenters. The van der Waals surface area contributed by atoms with Crippen molar-refractivity contribution in [3.8, 4) is 22.1 Å². The first kappa shape index (κ1) is 23.0. The molecule has 0 bridgehead atoms. The van der Waals surface area contributed by atoms with E-state index in [9.17, 15) is 13.2 Å². The number of nitrogens with one attached hydrogen (secondary N) is 1. The second kappa shape index (κ2) is 9.75. The number of methoxy groups -OCH3 is 2. The van der Waals surface area contributed by atoms with Crippen LogP contribution in [0.4, 0.5) is 5.13 Å². The van der Waals surface area contributed by atoms with Crippen molar-refractivity contribution in [3.05, 3.63) is 48.0 Å². The number of likely N-dealkylation sites (tertiary alicyclic amines) is 1. The summed E-state index contributed by atoms with van der Waals surface area (Å²) in [5.74, 6) is 0.808. The molecule has 2 aromatic carbocycles. The maximum Gasteiger partial charge on any atom is 0.263 e. The van der Waals surface area contributed by atoms with Crippen molar-refractivity contribution in [1.29, 1.82) is 0 Å². The number of amides is 1. The number of rotatable bonds is 7. The molecule has 1 aromatic heterocycles. The van der Waals surface area contributed by atoms with Gasteiger partial charge in [-0.3, -0.25) is 9.52 Å². The summed E-state index contributed by atoms with van der Waals surface area (Å²) in [7, 11) is -0.957. The molecular formula is C22H24N4O5S2. The first-order valence-electron chi connectivity index (χ1n) is 10.4. The highest BCUT2D eigenvalue weighted by atomic mass is 32.2. The largest absolute Gasteiger partial charge is 0.497 e. The molecule has 11 heteroatoms. The van der Waals surface area contributed by atoms with E-state index in [4.69, 9.17) is 9.47 Å². The van der Waals surface area contributed by atoms with Crippen molar-refractivity contribution in [3.63, 3.8) is 0 Å². The molecule has 1 saturated heterocycles. The van der Waals surface area contributed by atoms with Crippen molar-refractivity contribution >= 4 is 32.4 Å². The zero-order valence-corrected chi connectivity index (χ0v) is 19.9. The Hall–Kier alpha value is -3.18. The minimum absolute atomic E-state index is 0.0511. The molecule has 0 saturated carbocycles. The van der Waals surface area contributed by atoms with Crippen LogP contribution in [0.15, 0.2) is 47.4 Å². The van der Waals surface area contributed by atoms with Gasteiger partial charge in [-0.1, -0.05) is 11.3 Å². The van der Waals surface area contributed by atoms with Crippen LogP contribution in [0.2, 0.25) is 0 Å². The van der Waals surface area contributed by atoms with E-state index in [2.05, 4.69) is 14.9 Å². The quantitative estimate of drug-likeness (QED) is 0.540. The lowest BCUT2D eigenvalue weighted by Crippen LogP contribution is -2.35. The third-order valence-electron chi connectivity index (χ3n) is 5.34. The fourth-order valence-electron chi connectivity index (χ4n) is 3.58. The molecule has 174 valence electrons. The van der Waals surface area contributed by atoms with E-state index in [1.165, 1.54) is 25.3 Å². The number of benzene rings is 2. The molecule has 1 aliphatic rings. The summed E-state index contributed by atoms with van der Waals surface area (Å²) in [6.07, 6.45) is 2.95. The van der Waals surface area contributed by atoms with Crippen LogP contribution in [0.1, 0.15) is 29.6 Å². The Morgan fingerprint density at radius 1 is 1.00 bits per heavy atom. The molecule has 1 fully saturated rings. The van der Waals surface area contributed by atoms with Gasteiger partial charge >= 0.3 is 0 Å². The number of hydrogen-bond acceptors (Lipinski definition) is 8. The molecule has 1 aliphatic heterocycles. The number of aromatic nitrogens is 2. The van der Waals surface area contributed by atoms with E-state index >= 15 is 0 Å². The average molecular weight is 489 g/mol. The van der Waals surface area contributed by atoms with Gasteiger partial charge < -0.3 is 14.4 Å². The van der Waals surface area contributed by atoms with E-state index in [0.29, 0.717) is 29.6 Å². The molecule has 0 radical (unpaired) electrons. The lowest BCUT2D eigenvalue weighted by atomic mass is 10.1. The van der Waals surface area contributed by atoms with Crippen LogP contribution in [0.5, 0.6) is 11.5 Å². The Kier molecular flexibility index (Phi) is 6.80. The smallest absolute Gasteiger partial charge is 0.263 e. The van der Waals surface area contributed by atoms with E-state index in [0.717, 1.165) is 36.2 Å². The Bertz CT molecular complexity index is 1240. The van der Waals surface area contributed by atoms with Gasteiger partial charge in [0, 0.05) is 18.7 Å². The summed E-state index contributed by atoms with van der Waals surface area (Å²) in [6.45, 7) is 1.30. The molecule has 1 N–H and O–H groups in total. The van der Waals surface area contributed by atoms with E-state index in [-0.39, 0.29) is 21.5 Å². The molecule has 2 heterocycles.